The van der Waals surface area contributed by atoms with Crippen LogP contribution in [0.3, 0.4) is 0 Å². The molecule has 86 valence electrons. The van der Waals surface area contributed by atoms with Crippen LogP contribution in [-0.4, -0.2) is 13.4 Å². The minimum absolute atomic E-state index is 0.112. The smallest absolute Gasteiger partial charge is 0.242 e. The van der Waals surface area contributed by atoms with Crippen LogP contribution in [0, 0.1) is 18.3 Å². The zero-order valence-corrected chi connectivity index (χ0v) is 9.48. The van der Waals surface area contributed by atoms with Crippen molar-refractivity contribution in [2.75, 3.05) is 0 Å². The molecule has 1 aromatic heterocycles. The van der Waals surface area contributed by atoms with Crippen molar-refractivity contribution in [1.29, 1.82) is 5.26 Å². The molecule has 0 aliphatic carbocycles. The van der Waals surface area contributed by atoms with Crippen molar-refractivity contribution in [2.45, 2.75) is 18.4 Å². The molecule has 0 aliphatic heterocycles. The Kier molecular flexibility index (Phi) is 3.45. The standard InChI is InChI=1S/C8H5ClF2N2O2S/c1-4-5(2-12)3-13-8(16(9,14)15)6(4)7(10)11/h3,7H,1H3. The summed E-state index contributed by atoms with van der Waals surface area (Å²) in [6, 6.07) is 1.64. The van der Waals surface area contributed by atoms with Crippen LogP contribution in [0.1, 0.15) is 23.1 Å². The van der Waals surface area contributed by atoms with Crippen molar-refractivity contribution < 1.29 is 17.2 Å². The van der Waals surface area contributed by atoms with Crippen molar-refractivity contribution >= 4 is 19.7 Å². The van der Waals surface area contributed by atoms with Gasteiger partial charge < -0.3 is 0 Å². The van der Waals surface area contributed by atoms with E-state index in [1.807, 2.05) is 0 Å². The maximum absolute atomic E-state index is 12.7. The highest BCUT2D eigenvalue weighted by atomic mass is 35.7. The molecular formula is C8H5ClF2N2O2S. The average molecular weight is 267 g/mol. The first-order valence-electron chi connectivity index (χ1n) is 3.91. The van der Waals surface area contributed by atoms with Gasteiger partial charge in [-0.1, -0.05) is 0 Å². The Morgan fingerprint density at radius 1 is 1.56 bits per heavy atom. The Morgan fingerprint density at radius 2 is 2.12 bits per heavy atom. The van der Waals surface area contributed by atoms with E-state index < -0.39 is 26.1 Å². The molecule has 1 heterocycles. The van der Waals surface area contributed by atoms with Crippen LogP contribution < -0.4 is 0 Å². The number of aromatic nitrogens is 1. The third-order valence-electron chi connectivity index (χ3n) is 1.92. The van der Waals surface area contributed by atoms with Gasteiger partial charge in [-0.15, -0.1) is 0 Å². The van der Waals surface area contributed by atoms with Crippen molar-refractivity contribution in [3.8, 4) is 6.07 Å². The summed E-state index contributed by atoms with van der Waals surface area (Å²) in [6.07, 6.45) is -2.17. The van der Waals surface area contributed by atoms with Gasteiger partial charge in [0, 0.05) is 16.9 Å². The van der Waals surface area contributed by atoms with Crippen molar-refractivity contribution in [1.82, 2.24) is 4.98 Å². The summed E-state index contributed by atoms with van der Waals surface area (Å²) in [5.74, 6) is 0. The molecule has 4 nitrogen and oxygen atoms in total. The van der Waals surface area contributed by atoms with Crippen molar-refractivity contribution in [2.24, 2.45) is 0 Å². The quantitative estimate of drug-likeness (QED) is 0.769. The van der Waals surface area contributed by atoms with Crippen LogP contribution in [-0.2, 0) is 9.05 Å². The third kappa shape index (κ3) is 2.28. The van der Waals surface area contributed by atoms with Gasteiger partial charge in [-0.3, -0.25) is 0 Å². The Hall–Kier alpha value is -1.26. The normalized spacial score (nSPS) is 11.5. The molecule has 0 spiro atoms. The van der Waals surface area contributed by atoms with Gasteiger partial charge in [0.1, 0.15) is 6.07 Å². The zero-order chi connectivity index (χ0) is 12.5. The number of nitrogens with zero attached hydrogens (tertiary/aromatic N) is 2. The number of halogens is 3. The van der Waals surface area contributed by atoms with Crippen LogP contribution in [0.2, 0.25) is 0 Å². The first-order valence-corrected chi connectivity index (χ1v) is 6.22. The van der Waals surface area contributed by atoms with Crippen molar-refractivity contribution in [3.05, 3.63) is 22.9 Å². The van der Waals surface area contributed by atoms with E-state index in [1.165, 1.54) is 6.92 Å². The molecule has 0 bridgehead atoms. The van der Waals surface area contributed by atoms with Crippen LogP contribution in [0.25, 0.3) is 0 Å². The predicted octanol–water partition coefficient (Wildman–Crippen LogP) is 2.13. The van der Waals surface area contributed by atoms with Gasteiger partial charge in [0.15, 0.2) is 5.03 Å². The monoisotopic (exact) mass is 266 g/mol. The van der Waals surface area contributed by atoms with E-state index in [2.05, 4.69) is 4.98 Å². The number of pyridine rings is 1. The first kappa shape index (κ1) is 12.8. The number of rotatable bonds is 2. The molecule has 0 unspecified atom stereocenters. The minimum Gasteiger partial charge on any atom is -0.242 e. The van der Waals surface area contributed by atoms with Crippen molar-refractivity contribution in [3.63, 3.8) is 0 Å². The van der Waals surface area contributed by atoms with Gasteiger partial charge in [0.25, 0.3) is 15.5 Å². The molecule has 0 saturated heterocycles. The molecular weight excluding hydrogens is 262 g/mol. The zero-order valence-electron chi connectivity index (χ0n) is 7.91. The Labute approximate surface area is 94.9 Å². The van der Waals surface area contributed by atoms with E-state index in [1.54, 1.807) is 6.07 Å². The molecule has 0 aliphatic rings. The lowest BCUT2D eigenvalue weighted by atomic mass is 10.1. The van der Waals surface area contributed by atoms with Crippen LogP contribution in [0.4, 0.5) is 8.78 Å². The minimum atomic E-state index is -4.35. The molecule has 0 saturated carbocycles. The van der Waals surface area contributed by atoms with Gasteiger partial charge in [0.05, 0.1) is 11.1 Å². The lowest BCUT2D eigenvalue weighted by Gasteiger charge is -2.09. The average Bonchev–Trinajstić information content (AvgIpc) is 2.15. The van der Waals surface area contributed by atoms with Gasteiger partial charge in [-0.25, -0.2) is 22.2 Å². The van der Waals surface area contributed by atoms with Crippen LogP contribution >= 0.6 is 10.7 Å². The lowest BCUT2D eigenvalue weighted by molar-refractivity contribution is 0.146. The lowest BCUT2D eigenvalue weighted by Crippen LogP contribution is -2.06. The summed E-state index contributed by atoms with van der Waals surface area (Å²) in [5.41, 5.74) is -1.07. The molecule has 0 N–H and O–H groups in total. The Balaban J connectivity index is 3.69. The molecule has 0 aromatic carbocycles. The van der Waals surface area contributed by atoms with E-state index >= 15 is 0 Å². The Morgan fingerprint density at radius 3 is 2.50 bits per heavy atom. The molecule has 1 aromatic rings. The second-order valence-corrected chi connectivity index (χ2v) is 5.35. The second kappa shape index (κ2) is 4.31. The molecule has 0 amide bonds. The fourth-order valence-electron chi connectivity index (χ4n) is 1.16. The fourth-order valence-corrected chi connectivity index (χ4v) is 2.21. The van der Waals surface area contributed by atoms with E-state index in [0.29, 0.717) is 0 Å². The first-order chi connectivity index (χ1) is 7.29. The molecule has 0 atom stereocenters. The van der Waals surface area contributed by atoms with E-state index in [-0.39, 0.29) is 11.1 Å². The predicted molar refractivity (Wildman–Crippen MR) is 51.7 cm³/mol. The van der Waals surface area contributed by atoms with Gasteiger partial charge in [0.2, 0.25) is 0 Å². The molecule has 1 rings (SSSR count). The maximum Gasteiger partial charge on any atom is 0.279 e. The molecule has 0 fully saturated rings. The highest BCUT2D eigenvalue weighted by molar-refractivity contribution is 8.13. The summed E-state index contributed by atoms with van der Waals surface area (Å²) in [4.78, 5) is 3.28. The highest BCUT2D eigenvalue weighted by Gasteiger charge is 2.26. The van der Waals surface area contributed by atoms with Crippen LogP contribution in [0.5, 0.6) is 0 Å². The second-order valence-electron chi connectivity index (χ2n) is 2.87. The van der Waals surface area contributed by atoms with Gasteiger partial charge in [-0.2, -0.15) is 5.26 Å². The molecule has 16 heavy (non-hydrogen) atoms. The topological polar surface area (TPSA) is 70.8 Å². The highest BCUT2D eigenvalue weighted by Crippen LogP contribution is 2.31. The summed E-state index contributed by atoms with van der Waals surface area (Å²) in [6.45, 7) is 1.22. The SMILES string of the molecule is Cc1c(C#N)cnc(S(=O)(=O)Cl)c1C(F)F. The molecule has 0 radical (unpaired) electrons. The summed E-state index contributed by atoms with van der Waals surface area (Å²) in [5, 5.41) is 7.70. The third-order valence-corrected chi connectivity index (χ3v) is 3.14. The molecule has 8 heteroatoms. The van der Waals surface area contributed by atoms with Gasteiger partial charge >= 0.3 is 0 Å². The number of nitriles is 1. The van der Waals surface area contributed by atoms with Crippen LogP contribution in [0.15, 0.2) is 11.2 Å². The Bertz CT molecular complexity index is 566. The summed E-state index contributed by atoms with van der Waals surface area (Å²) in [7, 11) is 0.614. The fraction of sp³-hybridized carbons (Fsp3) is 0.250. The number of hydrogen-bond acceptors (Lipinski definition) is 4. The van der Waals surface area contributed by atoms with E-state index in [0.717, 1.165) is 6.20 Å². The van der Waals surface area contributed by atoms with Gasteiger partial charge in [-0.05, 0) is 12.5 Å². The number of hydrogen-bond donors (Lipinski definition) is 0. The van der Waals surface area contributed by atoms with E-state index in [4.69, 9.17) is 15.9 Å². The van der Waals surface area contributed by atoms with E-state index in [9.17, 15) is 17.2 Å². The number of alkyl halides is 2. The largest absolute Gasteiger partial charge is 0.279 e. The maximum atomic E-state index is 12.7. The summed E-state index contributed by atoms with van der Waals surface area (Å²) < 4.78 is 47.3. The summed E-state index contributed by atoms with van der Waals surface area (Å²) >= 11 is 0.